The summed E-state index contributed by atoms with van der Waals surface area (Å²) in [5.74, 6) is -1.37. The monoisotopic (exact) mass is 263 g/mol. The van der Waals surface area contributed by atoms with Crippen molar-refractivity contribution >= 4 is 23.4 Å². The van der Waals surface area contributed by atoms with Crippen LogP contribution in [0.15, 0.2) is 52.3 Å². The summed E-state index contributed by atoms with van der Waals surface area (Å²) in [4.78, 5) is 11.9. The van der Waals surface area contributed by atoms with Gasteiger partial charge in [0.2, 0.25) is 0 Å². The summed E-state index contributed by atoms with van der Waals surface area (Å²) in [6.45, 7) is 0. The minimum atomic E-state index is -0.981. The first-order valence-corrected chi connectivity index (χ1v) is 5.94. The molecule has 92 valence electrons. The Kier molecular flexibility index (Phi) is 3.53. The van der Waals surface area contributed by atoms with Gasteiger partial charge < -0.3 is 10.8 Å². The smallest absolute Gasteiger partial charge is 0.335 e. The molecule has 0 heterocycles. The number of benzene rings is 2. The van der Waals surface area contributed by atoms with Crippen LogP contribution in [0.25, 0.3) is 0 Å². The van der Waals surface area contributed by atoms with Crippen molar-refractivity contribution < 1.29 is 14.3 Å². The van der Waals surface area contributed by atoms with Gasteiger partial charge in [-0.3, -0.25) is 0 Å². The Bertz CT molecular complexity index is 584. The third kappa shape index (κ3) is 2.81. The van der Waals surface area contributed by atoms with Crippen LogP contribution in [0.3, 0.4) is 0 Å². The molecule has 2 aromatic carbocycles. The molecule has 0 spiro atoms. The van der Waals surface area contributed by atoms with Crippen LogP contribution in [0.1, 0.15) is 10.4 Å². The van der Waals surface area contributed by atoms with E-state index >= 15 is 0 Å². The Hall–Kier alpha value is -2.01. The van der Waals surface area contributed by atoms with Gasteiger partial charge in [0.15, 0.2) is 0 Å². The number of carboxylic acids is 1. The second kappa shape index (κ2) is 5.10. The van der Waals surface area contributed by atoms with Gasteiger partial charge >= 0.3 is 5.97 Å². The van der Waals surface area contributed by atoms with Crippen LogP contribution in [0.5, 0.6) is 0 Å². The number of anilines is 1. The highest BCUT2D eigenvalue weighted by molar-refractivity contribution is 7.99. The van der Waals surface area contributed by atoms with Crippen LogP contribution in [0, 0.1) is 5.82 Å². The number of nitrogen functional groups attached to an aromatic ring is 1. The number of carboxylic acid groups (broad SMARTS) is 1. The maximum absolute atomic E-state index is 13.5. The van der Waals surface area contributed by atoms with Gasteiger partial charge in [-0.25, -0.2) is 9.18 Å². The highest BCUT2D eigenvalue weighted by Gasteiger charge is 2.06. The lowest BCUT2D eigenvalue weighted by Crippen LogP contribution is -1.94. The first-order valence-electron chi connectivity index (χ1n) is 5.12. The fourth-order valence-electron chi connectivity index (χ4n) is 1.39. The summed E-state index contributed by atoms with van der Waals surface area (Å²) in [5, 5.41) is 8.76. The average Bonchev–Trinajstić information content (AvgIpc) is 2.33. The molecule has 0 amide bonds. The number of nitrogens with two attached hydrogens (primary N) is 1. The van der Waals surface area contributed by atoms with E-state index in [-0.39, 0.29) is 11.4 Å². The quantitative estimate of drug-likeness (QED) is 0.834. The Morgan fingerprint density at radius 2 is 1.83 bits per heavy atom. The lowest BCUT2D eigenvalue weighted by Gasteiger charge is -2.04. The van der Waals surface area contributed by atoms with Crippen molar-refractivity contribution in [2.24, 2.45) is 0 Å². The van der Waals surface area contributed by atoms with Crippen molar-refractivity contribution in [2.45, 2.75) is 9.79 Å². The number of rotatable bonds is 3. The van der Waals surface area contributed by atoms with E-state index in [1.807, 2.05) is 0 Å². The predicted octanol–water partition coefficient (Wildman–Crippen LogP) is 3.26. The molecule has 0 fully saturated rings. The molecule has 5 heteroatoms. The molecule has 0 aliphatic heterocycles. The highest BCUT2D eigenvalue weighted by Crippen LogP contribution is 2.30. The minimum Gasteiger partial charge on any atom is -0.478 e. The standard InChI is InChI=1S/C13H10FNO2S/c14-11-7-9(15)3-6-12(11)18-10-4-1-8(2-5-10)13(16)17/h1-7H,15H2,(H,16,17). The average molecular weight is 263 g/mol. The fourth-order valence-corrected chi connectivity index (χ4v) is 2.21. The summed E-state index contributed by atoms with van der Waals surface area (Å²) in [7, 11) is 0. The normalized spacial score (nSPS) is 10.3. The van der Waals surface area contributed by atoms with Gasteiger partial charge in [0.1, 0.15) is 5.82 Å². The number of carbonyl (C=O) groups is 1. The SMILES string of the molecule is Nc1ccc(Sc2ccc(C(=O)O)cc2)c(F)c1. The molecule has 2 rings (SSSR count). The van der Waals surface area contributed by atoms with Crippen LogP contribution < -0.4 is 5.73 Å². The van der Waals surface area contributed by atoms with E-state index in [1.54, 1.807) is 24.3 Å². The molecule has 18 heavy (non-hydrogen) atoms. The van der Waals surface area contributed by atoms with Crippen LogP contribution in [0.4, 0.5) is 10.1 Å². The van der Waals surface area contributed by atoms with Gasteiger partial charge in [0.05, 0.1) is 5.56 Å². The van der Waals surface area contributed by atoms with Crippen molar-refractivity contribution in [3.05, 3.63) is 53.8 Å². The third-order valence-electron chi connectivity index (χ3n) is 2.29. The Morgan fingerprint density at radius 1 is 1.17 bits per heavy atom. The largest absolute Gasteiger partial charge is 0.478 e. The van der Waals surface area contributed by atoms with Gasteiger partial charge in [-0.1, -0.05) is 11.8 Å². The Balaban J connectivity index is 2.21. The van der Waals surface area contributed by atoms with Gasteiger partial charge in [-0.15, -0.1) is 0 Å². The molecule has 3 nitrogen and oxygen atoms in total. The van der Waals surface area contributed by atoms with E-state index in [0.717, 1.165) is 4.90 Å². The molecule has 2 aromatic rings. The molecular formula is C13H10FNO2S. The molecule has 0 unspecified atom stereocenters. The number of hydrogen-bond acceptors (Lipinski definition) is 3. The van der Waals surface area contributed by atoms with Crippen LogP contribution >= 0.6 is 11.8 Å². The number of hydrogen-bond donors (Lipinski definition) is 2. The topological polar surface area (TPSA) is 63.3 Å². The summed E-state index contributed by atoms with van der Waals surface area (Å²) < 4.78 is 13.5. The lowest BCUT2D eigenvalue weighted by molar-refractivity contribution is 0.0697. The van der Waals surface area contributed by atoms with Crippen LogP contribution in [-0.2, 0) is 0 Å². The van der Waals surface area contributed by atoms with E-state index in [1.165, 1.54) is 30.0 Å². The minimum absolute atomic E-state index is 0.206. The second-order valence-corrected chi connectivity index (χ2v) is 4.74. The summed E-state index contributed by atoms with van der Waals surface area (Å²) in [6, 6.07) is 10.7. The molecule has 0 atom stereocenters. The van der Waals surface area contributed by atoms with E-state index in [4.69, 9.17) is 10.8 Å². The lowest BCUT2D eigenvalue weighted by atomic mass is 10.2. The van der Waals surface area contributed by atoms with Gasteiger partial charge in [0.25, 0.3) is 0 Å². The highest BCUT2D eigenvalue weighted by atomic mass is 32.2. The second-order valence-electron chi connectivity index (χ2n) is 3.62. The molecule has 0 saturated heterocycles. The van der Waals surface area contributed by atoms with Crippen molar-refractivity contribution in [1.29, 1.82) is 0 Å². The van der Waals surface area contributed by atoms with E-state index in [9.17, 15) is 9.18 Å². The molecule has 0 saturated carbocycles. The first kappa shape index (κ1) is 12.4. The zero-order valence-electron chi connectivity index (χ0n) is 9.26. The molecular weight excluding hydrogens is 253 g/mol. The van der Waals surface area contributed by atoms with E-state index in [0.29, 0.717) is 10.6 Å². The zero-order chi connectivity index (χ0) is 13.1. The number of halogens is 1. The maximum atomic E-state index is 13.5. The van der Waals surface area contributed by atoms with Crippen molar-refractivity contribution in [3.8, 4) is 0 Å². The summed E-state index contributed by atoms with van der Waals surface area (Å²) in [5.41, 5.74) is 6.04. The maximum Gasteiger partial charge on any atom is 0.335 e. The Labute approximate surface area is 107 Å². The van der Waals surface area contributed by atoms with Crippen LogP contribution in [0.2, 0.25) is 0 Å². The van der Waals surface area contributed by atoms with Gasteiger partial charge in [-0.2, -0.15) is 0 Å². The van der Waals surface area contributed by atoms with E-state index in [2.05, 4.69) is 0 Å². The summed E-state index contributed by atoms with van der Waals surface area (Å²) in [6.07, 6.45) is 0. The van der Waals surface area contributed by atoms with E-state index < -0.39 is 5.97 Å². The van der Waals surface area contributed by atoms with Crippen molar-refractivity contribution in [2.75, 3.05) is 5.73 Å². The third-order valence-corrected chi connectivity index (χ3v) is 3.34. The number of aromatic carboxylic acids is 1. The summed E-state index contributed by atoms with van der Waals surface area (Å²) >= 11 is 1.22. The van der Waals surface area contributed by atoms with Crippen molar-refractivity contribution in [1.82, 2.24) is 0 Å². The fraction of sp³-hybridized carbons (Fsp3) is 0. The zero-order valence-corrected chi connectivity index (χ0v) is 10.1. The molecule has 0 aromatic heterocycles. The first-order chi connectivity index (χ1) is 8.56. The van der Waals surface area contributed by atoms with Crippen molar-refractivity contribution in [3.63, 3.8) is 0 Å². The molecule has 0 radical (unpaired) electrons. The molecule has 0 aliphatic carbocycles. The molecule has 0 aliphatic rings. The molecule has 3 N–H and O–H groups in total. The predicted molar refractivity (Wildman–Crippen MR) is 68.3 cm³/mol. The molecule has 0 bridgehead atoms. The Morgan fingerprint density at radius 3 is 2.39 bits per heavy atom. The van der Waals surface area contributed by atoms with Crippen LogP contribution in [-0.4, -0.2) is 11.1 Å². The van der Waals surface area contributed by atoms with Gasteiger partial charge in [0, 0.05) is 15.5 Å². The van der Waals surface area contributed by atoms with Gasteiger partial charge in [-0.05, 0) is 42.5 Å².